The number of nitrogens with two attached hydrogens (primary N) is 1. The van der Waals surface area contributed by atoms with Crippen LogP contribution >= 0.6 is 0 Å². The second-order valence-electron chi connectivity index (χ2n) is 2.02. The van der Waals surface area contributed by atoms with E-state index in [0.717, 1.165) is 12.1 Å². The Labute approximate surface area is 54.3 Å². The maximum atomic E-state index is 5.67. The van der Waals surface area contributed by atoms with Gasteiger partial charge in [0.2, 0.25) is 0 Å². The fourth-order valence-electron chi connectivity index (χ4n) is 0.689. The lowest BCUT2D eigenvalue weighted by Gasteiger charge is -2.02. The van der Waals surface area contributed by atoms with Gasteiger partial charge in [-0.1, -0.05) is 6.92 Å². The third-order valence-electron chi connectivity index (χ3n) is 1.36. The van der Waals surface area contributed by atoms with E-state index in [9.17, 15) is 0 Å². The first kappa shape index (κ1) is 6.29. The second kappa shape index (κ2) is 2.64. The van der Waals surface area contributed by atoms with Gasteiger partial charge in [0.05, 0.1) is 12.0 Å². The Morgan fingerprint density at radius 2 is 2.67 bits per heavy atom. The molecule has 0 saturated carbocycles. The SMILES string of the molecule is CCC(N)c1cnc[nH]1. The highest BCUT2D eigenvalue weighted by Crippen LogP contribution is 2.07. The molecule has 0 aliphatic heterocycles. The topological polar surface area (TPSA) is 54.7 Å². The van der Waals surface area contributed by atoms with Crippen molar-refractivity contribution >= 4 is 0 Å². The normalized spacial score (nSPS) is 13.6. The number of aromatic nitrogens is 2. The Morgan fingerprint density at radius 1 is 1.89 bits per heavy atom. The Bertz CT molecular complexity index is 157. The molecule has 0 fully saturated rings. The van der Waals surface area contributed by atoms with Crippen LogP contribution in [0.15, 0.2) is 12.5 Å². The van der Waals surface area contributed by atoms with E-state index < -0.39 is 0 Å². The molecule has 1 heterocycles. The first-order valence-electron chi connectivity index (χ1n) is 3.08. The minimum absolute atomic E-state index is 0.118. The summed E-state index contributed by atoms with van der Waals surface area (Å²) < 4.78 is 0. The molecule has 0 aromatic carbocycles. The molecule has 0 aliphatic rings. The monoisotopic (exact) mass is 125 g/mol. The molecule has 0 radical (unpaired) electrons. The lowest BCUT2D eigenvalue weighted by atomic mass is 10.2. The summed E-state index contributed by atoms with van der Waals surface area (Å²) in [7, 11) is 0. The molecule has 0 spiro atoms. The van der Waals surface area contributed by atoms with Crippen LogP contribution in [0.2, 0.25) is 0 Å². The number of nitrogens with one attached hydrogen (secondary N) is 1. The third kappa shape index (κ3) is 1.29. The Morgan fingerprint density at radius 3 is 3.11 bits per heavy atom. The van der Waals surface area contributed by atoms with Gasteiger partial charge in [0.25, 0.3) is 0 Å². The summed E-state index contributed by atoms with van der Waals surface area (Å²) in [5.41, 5.74) is 6.68. The predicted octanol–water partition coefficient (Wildman–Crippen LogP) is 0.820. The van der Waals surface area contributed by atoms with Crippen molar-refractivity contribution in [2.75, 3.05) is 0 Å². The quantitative estimate of drug-likeness (QED) is 0.614. The largest absolute Gasteiger partial charge is 0.347 e. The van der Waals surface area contributed by atoms with Gasteiger partial charge in [-0.15, -0.1) is 0 Å². The molecular formula is C6H11N3. The average molecular weight is 125 g/mol. The minimum Gasteiger partial charge on any atom is -0.347 e. The molecular weight excluding hydrogens is 114 g/mol. The van der Waals surface area contributed by atoms with E-state index >= 15 is 0 Å². The first-order chi connectivity index (χ1) is 4.34. The fraction of sp³-hybridized carbons (Fsp3) is 0.500. The van der Waals surface area contributed by atoms with Gasteiger partial charge in [-0.3, -0.25) is 0 Å². The third-order valence-corrected chi connectivity index (χ3v) is 1.36. The van der Waals surface area contributed by atoms with E-state index in [2.05, 4.69) is 9.97 Å². The minimum atomic E-state index is 0.118. The van der Waals surface area contributed by atoms with Gasteiger partial charge in [0, 0.05) is 12.2 Å². The zero-order valence-electron chi connectivity index (χ0n) is 5.46. The van der Waals surface area contributed by atoms with Crippen LogP contribution in [-0.4, -0.2) is 9.97 Å². The molecule has 9 heavy (non-hydrogen) atoms. The van der Waals surface area contributed by atoms with E-state index in [1.807, 2.05) is 6.92 Å². The zero-order valence-corrected chi connectivity index (χ0v) is 5.46. The van der Waals surface area contributed by atoms with Crippen molar-refractivity contribution in [2.24, 2.45) is 5.73 Å². The summed E-state index contributed by atoms with van der Waals surface area (Å²) in [4.78, 5) is 6.81. The van der Waals surface area contributed by atoms with Gasteiger partial charge in [0.1, 0.15) is 0 Å². The molecule has 0 bridgehead atoms. The molecule has 0 aliphatic carbocycles. The van der Waals surface area contributed by atoms with Gasteiger partial charge in [-0.05, 0) is 6.42 Å². The number of rotatable bonds is 2. The molecule has 3 heteroatoms. The summed E-state index contributed by atoms with van der Waals surface area (Å²) in [5, 5.41) is 0. The van der Waals surface area contributed by atoms with Crippen LogP contribution in [0, 0.1) is 0 Å². The molecule has 1 rings (SSSR count). The molecule has 3 N–H and O–H groups in total. The Kier molecular flexibility index (Phi) is 1.85. The summed E-state index contributed by atoms with van der Waals surface area (Å²) >= 11 is 0. The van der Waals surface area contributed by atoms with E-state index in [0.29, 0.717) is 0 Å². The number of imidazole rings is 1. The second-order valence-corrected chi connectivity index (χ2v) is 2.02. The van der Waals surface area contributed by atoms with Gasteiger partial charge in [-0.2, -0.15) is 0 Å². The Balaban J connectivity index is 2.65. The maximum absolute atomic E-state index is 5.67. The van der Waals surface area contributed by atoms with Crippen molar-refractivity contribution in [2.45, 2.75) is 19.4 Å². The molecule has 0 saturated heterocycles. The first-order valence-corrected chi connectivity index (χ1v) is 3.08. The summed E-state index contributed by atoms with van der Waals surface area (Å²) in [6.45, 7) is 2.05. The number of hydrogen-bond donors (Lipinski definition) is 2. The van der Waals surface area contributed by atoms with E-state index in [1.54, 1.807) is 12.5 Å². The van der Waals surface area contributed by atoms with Crippen LogP contribution in [0.3, 0.4) is 0 Å². The molecule has 1 unspecified atom stereocenters. The average Bonchev–Trinajstić information content (AvgIpc) is 2.37. The van der Waals surface area contributed by atoms with E-state index in [4.69, 9.17) is 5.73 Å². The molecule has 1 atom stereocenters. The molecule has 3 nitrogen and oxygen atoms in total. The van der Waals surface area contributed by atoms with Crippen molar-refractivity contribution in [3.63, 3.8) is 0 Å². The van der Waals surface area contributed by atoms with Gasteiger partial charge >= 0.3 is 0 Å². The van der Waals surface area contributed by atoms with Gasteiger partial charge in [-0.25, -0.2) is 4.98 Å². The zero-order chi connectivity index (χ0) is 6.69. The van der Waals surface area contributed by atoms with Crippen LogP contribution in [0.4, 0.5) is 0 Å². The Hall–Kier alpha value is -0.830. The fourth-order valence-corrected chi connectivity index (χ4v) is 0.689. The number of nitrogens with zero attached hydrogens (tertiary/aromatic N) is 1. The van der Waals surface area contributed by atoms with Crippen molar-refractivity contribution in [1.82, 2.24) is 9.97 Å². The highest BCUT2D eigenvalue weighted by atomic mass is 14.9. The maximum Gasteiger partial charge on any atom is 0.0922 e. The van der Waals surface area contributed by atoms with Crippen molar-refractivity contribution in [1.29, 1.82) is 0 Å². The van der Waals surface area contributed by atoms with Crippen LogP contribution in [0.25, 0.3) is 0 Å². The van der Waals surface area contributed by atoms with Crippen molar-refractivity contribution < 1.29 is 0 Å². The molecule has 1 aromatic heterocycles. The predicted molar refractivity (Wildman–Crippen MR) is 35.8 cm³/mol. The standard InChI is InChI=1S/C6H11N3/c1-2-5(7)6-3-8-4-9-6/h3-5H,2,7H2,1H3,(H,8,9). The summed E-state index contributed by atoms with van der Waals surface area (Å²) in [6.07, 6.45) is 4.35. The number of H-pyrrole nitrogens is 1. The summed E-state index contributed by atoms with van der Waals surface area (Å²) in [6, 6.07) is 0.118. The van der Waals surface area contributed by atoms with Gasteiger partial charge < -0.3 is 10.7 Å². The van der Waals surface area contributed by atoms with Crippen LogP contribution in [0.1, 0.15) is 25.1 Å². The molecule has 1 aromatic rings. The van der Waals surface area contributed by atoms with Gasteiger partial charge in [0.15, 0.2) is 0 Å². The smallest absolute Gasteiger partial charge is 0.0922 e. The van der Waals surface area contributed by atoms with Crippen LogP contribution in [0.5, 0.6) is 0 Å². The molecule has 50 valence electrons. The highest BCUT2D eigenvalue weighted by Gasteiger charge is 2.01. The number of aromatic amines is 1. The van der Waals surface area contributed by atoms with Crippen LogP contribution < -0.4 is 5.73 Å². The van der Waals surface area contributed by atoms with E-state index in [1.165, 1.54) is 0 Å². The lowest BCUT2D eigenvalue weighted by molar-refractivity contribution is 0.680. The highest BCUT2D eigenvalue weighted by molar-refractivity contribution is 4.99. The number of hydrogen-bond acceptors (Lipinski definition) is 2. The van der Waals surface area contributed by atoms with Crippen LogP contribution in [-0.2, 0) is 0 Å². The van der Waals surface area contributed by atoms with Crippen molar-refractivity contribution in [3.05, 3.63) is 18.2 Å². The molecule has 0 amide bonds. The van der Waals surface area contributed by atoms with E-state index in [-0.39, 0.29) is 6.04 Å². The lowest BCUT2D eigenvalue weighted by Crippen LogP contribution is -2.08. The van der Waals surface area contributed by atoms with Crippen molar-refractivity contribution in [3.8, 4) is 0 Å². The summed E-state index contributed by atoms with van der Waals surface area (Å²) in [5.74, 6) is 0.